The van der Waals surface area contributed by atoms with Gasteiger partial charge in [0.05, 0.1) is 6.04 Å². The van der Waals surface area contributed by atoms with Gasteiger partial charge in [0.2, 0.25) is 0 Å². The highest BCUT2D eigenvalue weighted by Gasteiger charge is 2.47. The van der Waals surface area contributed by atoms with E-state index in [1.807, 2.05) is 6.07 Å². The molecule has 1 N–H and O–H groups in total. The third-order valence-corrected chi connectivity index (χ3v) is 5.25. The molecule has 27 heavy (non-hydrogen) atoms. The topological polar surface area (TPSA) is 50.2 Å². The van der Waals surface area contributed by atoms with Crippen LogP contribution in [0.2, 0.25) is 0 Å². The third kappa shape index (κ3) is 3.52. The van der Waals surface area contributed by atoms with Crippen LogP contribution in [0.4, 0.5) is 19.0 Å². The van der Waals surface area contributed by atoms with Gasteiger partial charge in [-0.2, -0.15) is 18.3 Å². The predicted octanol–water partition coefficient (Wildman–Crippen LogP) is 4.17. The number of rotatable bonds is 2. The molecule has 1 fully saturated rings. The van der Waals surface area contributed by atoms with Crippen molar-refractivity contribution < 1.29 is 18.0 Å². The van der Waals surface area contributed by atoms with Crippen LogP contribution >= 0.6 is 0 Å². The van der Waals surface area contributed by atoms with Crippen molar-refractivity contribution in [1.29, 1.82) is 0 Å². The maximum absolute atomic E-state index is 13.7. The van der Waals surface area contributed by atoms with Gasteiger partial charge in [-0.15, -0.1) is 0 Å². The molecule has 3 heterocycles. The molecule has 1 saturated heterocycles. The van der Waals surface area contributed by atoms with Gasteiger partial charge in [-0.1, -0.05) is 30.3 Å². The molecule has 1 aromatic carbocycles. The SMILES string of the molecule is O=C(c1cc2n(n1)[C@H](C(F)(F)F)C[C@@H](c1ccccc1)N2)N1CCCCC1. The Morgan fingerprint density at radius 1 is 1.11 bits per heavy atom. The minimum atomic E-state index is -4.44. The van der Waals surface area contributed by atoms with Gasteiger partial charge >= 0.3 is 6.18 Å². The summed E-state index contributed by atoms with van der Waals surface area (Å²) in [5, 5.41) is 7.17. The fourth-order valence-electron chi connectivity index (χ4n) is 3.84. The monoisotopic (exact) mass is 378 g/mol. The van der Waals surface area contributed by atoms with Crippen molar-refractivity contribution in [3.05, 3.63) is 47.7 Å². The van der Waals surface area contributed by atoms with Crippen molar-refractivity contribution in [2.75, 3.05) is 18.4 Å². The first-order valence-electron chi connectivity index (χ1n) is 9.20. The van der Waals surface area contributed by atoms with Crippen LogP contribution in [0.5, 0.6) is 0 Å². The summed E-state index contributed by atoms with van der Waals surface area (Å²) in [6, 6.07) is 8.24. The number of anilines is 1. The van der Waals surface area contributed by atoms with Crippen LogP contribution in [0.15, 0.2) is 36.4 Å². The zero-order valence-electron chi connectivity index (χ0n) is 14.7. The molecule has 2 aliphatic heterocycles. The summed E-state index contributed by atoms with van der Waals surface area (Å²) in [7, 11) is 0. The van der Waals surface area contributed by atoms with Gasteiger partial charge in [-0.3, -0.25) is 4.79 Å². The summed E-state index contributed by atoms with van der Waals surface area (Å²) in [5.41, 5.74) is 0.852. The van der Waals surface area contributed by atoms with Crippen molar-refractivity contribution >= 4 is 11.7 Å². The van der Waals surface area contributed by atoms with Crippen LogP contribution in [-0.2, 0) is 0 Å². The summed E-state index contributed by atoms with van der Waals surface area (Å²) in [5.74, 6) is -0.0617. The smallest absolute Gasteiger partial charge is 0.363 e. The number of alkyl halides is 3. The number of carbonyl (C=O) groups is 1. The van der Waals surface area contributed by atoms with Crippen LogP contribution < -0.4 is 5.32 Å². The molecule has 0 aliphatic carbocycles. The molecular formula is C19H21F3N4O. The average Bonchev–Trinajstić information content (AvgIpc) is 3.11. The highest BCUT2D eigenvalue weighted by Crippen LogP contribution is 2.43. The lowest BCUT2D eigenvalue weighted by atomic mass is 9.97. The molecule has 0 unspecified atom stereocenters. The second-order valence-corrected chi connectivity index (χ2v) is 7.11. The first-order chi connectivity index (χ1) is 12.9. The van der Waals surface area contributed by atoms with Gasteiger partial charge in [0.1, 0.15) is 5.82 Å². The second-order valence-electron chi connectivity index (χ2n) is 7.11. The van der Waals surface area contributed by atoms with Crippen LogP contribution in [-0.4, -0.2) is 39.9 Å². The Balaban J connectivity index is 1.66. The van der Waals surface area contributed by atoms with Gasteiger partial charge in [0.25, 0.3) is 5.91 Å². The number of nitrogens with zero attached hydrogens (tertiary/aromatic N) is 3. The number of hydrogen-bond donors (Lipinski definition) is 1. The van der Waals surface area contributed by atoms with E-state index >= 15 is 0 Å². The van der Waals surface area contributed by atoms with Crippen molar-refractivity contribution in [3.63, 3.8) is 0 Å². The van der Waals surface area contributed by atoms with Crippen molar-refractivity contribution in [3.8, 4) is 0 Å². The average molecular weight is 378 g/mol. The van der Waals surface area contributed by atoms with E-state index in [0.29, 0.717) is 13.1 Å². The van der Waals surface area contributed by atoms with Crippen molar-refractivity contribution in [1.82, 2.24) is 14.7 Å². The van der Waals surface area contributed by atoms with E-state index in [1.54, 1.807) is 29.2 Å². The minimum Gasteiger partial charge on any atom is -0.363 e. The molecule has 0 bridgehead atoms. The number of likely N-dealkylation sites (tertiary alicyclic amines) is 1. The van der Waals surface area contributed by atoms with Crippen molar-refractivity contribution in [2.45, 2.75) is 43.9 Å². The molecule has 2 aliphatic rings. The van der Waals surface area contributed by atoms with Crippen LogP contribution in [0.3, 0.4) is 0 Å². The molecule has 0 saturated carbocycles. The van der Waals surface area contributed by atoms with E-state index in [-0.39, 0.29) is 23.8 Å². The Kier molecular flexibility index (Phi) is 4.57. The largest absolute Gasteiger partial charge is 0.410 e. The van der Waals surface area contributed by atoms with Gasteiger partial charge in [-0.05, 0) is 24.8 Å². The van der Waals surface area contributed by atoms with E-state index in [2.05, 4.69) is 10.4 Å². The Morgan fingerprint density at radius 3 is 2.48 bits per heavy atom. The van der Waals surface area contributed by atoms with Crippen LogP contribution in [0, 0.1) is 0 Å². The summed E-state index contributed by atoms with van der Waals surface area (Å²) >= 11 is 0. The maximum Gasteiger partial charge on any atom is 0.410 e. The molecule has 8 heteroatoms. The molecule has 1 amide bonds. The zero-order valence-corrected chi connectivity index (χ0v) is 14.7. The van der Waals surface area contributed by atoms with E-state index in [1.165, 1.54) is 6.07 Å². The molecule has 144 valence electrons. The Morgan fingerprint density at radius 2 is 1.81 bits per heavy atom. The summed E-state index contributed by atoms with van der Waals surface area (Å²) in [4.78, 5) is 14.3. The molecule has 2 atom stereocenters. The Labute approximate surface area is 155 Å². The molecule has 4 rings (SSSR count). The predicted molar refractivity (Wildman–Crippen MR) is 94.5 cm³/mol. The molecule has 1 aromatic heterocycles. The highest BCUT2D eigenvalue weighted by molar-refractivity contribution is 5.93. The minimum absolute atomic E-state index is 0.0716. The maximum atomic E-state index is 13.7. The van der Waals surface area contributed by atoms with Gasteiger partial charge in [-0.25, -0.2) is 4.68 Å². The van der Waals surface area contributed by atoms with E-state index in [9.17, 15) is 18.0 Å². The number of benzene rings is 1. The van der Waals surface area contributed by atoms with Gasteiger partial charge in [0, 0.05) is 25.6 Å². The number of piperidine rings is 1. The lowest BCUT2D eigenvalue weighted by Gasteiger charge is -2.33. The standard InChI is InChI=1S/C19H21F3N4O/c20-19(21,22)16-11-14(13-7-3-1-4-8-13)23-17-12-15(24-26(16)17)18(27)25-9-5-2-6-10-25/h1,3-4,7-8,12,14,16,23H,2,5-6,9-11H2/t14-,16-/m0/s1. The number of amides is 1. The Bertz CT molecular complexity index is 812. The number of fused-ring (bicyclic) bond motifs is 1. The third-order valence-electron chi connectivity index (χ3n) is 5.25. The number of carbonyl (C=O) groups excluding carboxylic acids is 1. The zero-order chi connectivity index (χ0) is 19.0. The molecule has 5 nitrogen and oxygen atoms in total. The first kappa shape index (κ1) is 17.9. The van der Waals surface area contributed by atoms with Gasteiger partial charge in [0.15, 0.2) is 11.7 Å². The summed E-state index contributed by atoms with van der Waals surface area (Å²) in [6.45, 7) is 1.26. The summed E-state index contributed by atoms with van der Waals surface area (Å²) < 4.78 is 42.0. The Hall–Kier alpha value is -2.51. The number of nitrogens with one attached hydrogen (secondary N) is 1. The number of hydrogen-bond acceptors (Lipinski definition) is 3. The van der Waals surface area contributed by atoms with Crippen LogP contribution in [0.25, 0.3) is 0 Å². The van der Waals surface area contributed by atoms with E-state index in [0.717, 1.165) is 29.5 Å². The number of halogens is 3. The van der Waals surface area contributed by atoms with E-state index in [4.69, 9.17) is 0 Å². The van der Waals surface area contributed by atoms with Gasteiger partial charge < -0.3 is 10.2 Å². The highest BCUT2D eigenvalue weighted by atomic mass is 19.4. The normalized spacial score (nSPS) is 22.9. The molecule has 0 spiro atoms. The lowest BCUT2D eigenvalue weighted by molar-refractivity contribution is -0.173. The fourth-order valence-corrected chi connectivity index (χ4v) is 3.84. The summed E-state index contributed by atoms with van der Waals surface area (Å²) in [6.07, 6.45) is -1.71. The quantitative estimate of drug-likeness (QED) is 0.853. The lowest BCUT2D eigenvalue weighted by Crippen LogP contribution is -2.37. The molecular weight excluding hydrogens is 357 g/mol. The van der Waals surface area contributed by atoms with Crippen molar-refractivity contribution in [2.24, 2.45) is 0 Å². The van der Waals surface area contributed by atoms with Crippen LogP contribution in [0.1, 0.15) is 53.8 Å². The molecule has 2 aromatic rings. The first-order valence-corrected chi connectivity index (χ1v) is 9.20. The van der Waals surface area contributed by atoms with E-state index < -0.39 is 18.3 Å². The second kappa shape index (κ2) is 6.90. The number of aromatic nitrogens is 2. The molecule has 0 radical (unpaired) electrons. The fraction of sp³-hybridized carbons (Fsp3) is 0.474.